The minimum Gasteiger partial charge on any atom is -0.466 e. The van der Waals surface area contributed by atoms with Crippen molar-refractivity contribution in [3.8, 4) is 0 Å². The molecule has 136 valence electrons. The monoisotopic (exact) mass is 369 g/mol. The third-order valence-corrected chi connectivity index (χ3v) is 4.24. The number of amides is 1. The number of rotatable bonds is 6. The SMILES string of the molecule is CCOC(=O)[C@@H]1CCCN(CC(=O)Nc2ccc(Cl)c([N+](=O)[O-])c2)C1. The number of nitrogens with one attached hydrogen (secondary N) is 1. The van der Waals surface area contributed by atoms with Crippen LogP contribution in [0.4, 0.5) is 11.4 Å². The summed E-state index contributed by atoms with van der Waals surface area (Å²) in [4.78, 5) is 36.2. The van der Waals surface area contributed by atoms with Crippen molar-refractivity contribution in [1.82, 2.24) is 4.90 Å². The lowest BCUT2D eigenvalue weighted by Gasteiger charge is -2.30. The average Bonchev–Trinajstić information content (AvgIpc) is 2.56. The van der Waals surface area contributed by atoms with Crippen molar-refractivity contribution in [2.24, 2.45) is 5.92 Å². The van der Waals surface area contributed by atoms with E-state index in [9.17, 15) is 19.7 Å². The Morgan fingerprint density at radius 1 is 1.48 bits per heavy atom. The predicted octanol–water partition coefficient (Wildman–Crippen LogP) is 2.46. The molecule has 1 saturated heterocycles. The van der Waals surface area contributed by atoms with E-state index in [0.717, 1.165) is 12.8 Å². The van der Waals surface area contributed by atoms with Gasteiger partial charge in [0, 0.05) is 18.3 Å². The highest BCUT2D eigenvalue weighted by Crippen LogP contribution is 2.27. The number of hydrogen-bond donors (Lipinski definition) is 1. The van der Waals surface area contributed by atoms with Gasteiger partial charge in [0.05, 0.1) is 24.0 Å². The van der Waals surface area contributed by atoms with E-state index in [4.69, 9.17) is 16.3 Å². The molecule has 1 aromatic carbocycles. The van der Waals surface area contributed by atoms with Crippen LogP contribution in [0.2, 0.25) is 5.02 Å². The van der Waals surface area contributed by atoms with Crippen LogP contribution in [-0.2, 0) is 14.3 Å². The molecule has 1 aliphatic heterocycles. The number of anilines is 1. The Morgan fingerprint density at radius 2 is 2.24 bits per heavy atom. The number of nitro groups is 1. The van der Waals surface area contributed by atoms with E-state index in [-0.39, 0.29) is 35.0 Å². The van der Waals surface area contributed by atoms with E-state index >= 15 is 0 Å². The van der Waals surface area contributed by atoms with Gasteiger partial charge >= 0.3 is 5.97 Å². The molecular formula is C16H20ClN3O5. The minimum atomic E-state index is -0.605. The van der Waals surface area contributed by atoms with Crippen LogP contribution in [0, 0.1) is 16.0 Å². The molecule has 8 nitrogen and oxygen atoms in total. The summed E-state index contributed by atoms with van der Waals surface area (Å²) < 4.78 is 5.03. The van der Waals surface area contributed by atoms with Gasteiger partial charge in [-0.05, 0) is 38.4 Å². The van der Waals surface area contributed by atoms with Crippen molar-refractivity contribution in [1.29, 1.82) is 0 Å². The maximum absolute atomic E-state index is 12.2. The lowest BCUT2D eigenvalue weighted by atomic mass is 9.98. The van der Waals surface area contributed by atoms with Gasteiger partial charge in [-0.2, -0.15) is 0 Å². The van der Waals surface area contributed by atoms with E-state index in [1.54, 1.807) is 6.92 Å². The third-order valence-electron chi connectivity index (χ3n) is 3.92. The van der Waals surface area contributed by atoms with E-state index < -0.39 is 4.92 Å². The van der Waals surface area contributed by atoms with E-state index in [0.29, 0.717) is 25.4 Å². The largest absolute Gasteiger partial charge is 0.466 e. The molecule has 25 heavy (non-hydrogen) atoms. The summed E-state index contributed by atoms with van der Waals surface area (Å²) in [6.07, 6.45) is 1.56. The summed E-state index contributed by atoms with van der Waals surface area (Å²) in [6, 6.07) is 4.09. The Hall–Kier alpha value is -2.19. The van der Waals surface area contributed by atoms with Crippen LogP contribution in [0.5, 0.6) is 0 Å². The number of carbonyl (C=O) groups excluding carboxylic acids is 2. The zero-order valence-corrected chi connectivity index (χ0v) is 14.6. The van der Waals surface area contributed by atoms with Crippen molar-refractivity contribution in [3.05, 3.63) is 33.3 Å². The number of carbonyl (C=O) groups is 2. The van der Waals surface area contributed by atoms with Gasteiger partial charge in [0.2, 0.25) is 5.91 Å². The second-order valence-corrected chi connectivity index (χ2v) is 6.20. The highest BCUT2D eigenvalue weighted by Gasteiger charge is 2.27. The van der Waals surface area contributed by atoms with Crippen molar-refractivity contribution >= 4 is 34.9 Å². The molecule has 0 saturated carbocycles. The lowest BCUT2D eigenvalue weighted by molar-refractivity contribution is -0.384. The summed E-state index contributed by atoms with van der Waals surface area (Å²) in [6.45, 7) is 3.38. The molecule has 1 aliphatic rings. The molecule has 0 unspecified atom stereocenters. The van der Waals surface area contributed by atoms with Crippen LogP contribution in [0.3, 0.4) is 0 Å². The first-order valence-corrected chi connectivity index (χ1v) is 8.41. The average molecular weight is 370 g/mol. The van der Waals surface area contributed by atoms with Crippen molar-refractivity contribution < 1.29 is 19.2 Å². The fourth-order valence-corrected chi connectivity index (χ4v) is 2.97. The Balaban J connectivity index is 1.92. The van der Waals surface area contributed by atoms with Crippen LogP contribution in [0.1, 0.15) is 19.8 Å². The molecule has 1 amide bonds. The lowest BCUT2D eigenvalue weighted by Crippen LogP contribution is -2.43. The molecule has 9 heteroatoms. The Labute approximate surface area is 150 Å². The van der Waals surface area contributed by atoms with Crippen LogP contribution in [0.15, 0.2) is 18.2 Å². The van der Waals surface area contributed by atoms with E-state index in [2.05, 4.69) is 5.32 Å². The van der Waals surface area contributed by atoms with Crippen LogP contribution in [-0.4, -0.2) is 47.9 Å². The first-order valence-electron chi connectivity index (χ1n) is 8.03. The first-order chi connectivity index (χ1) is 11.9. The number of ether oxygens (including phenoxy) is 1. The number of nitro benzene ring substituents is 1. The van der Waals surface area contributed by atoms with Gasteiger partial charge < -0.3 is 10.1 Å². The first kappa shape index (κ1) is 19.1. The fourth-order valence-electron chi connectivity index (χ4n) is 2.79. The zero-order valence-electron chi connectivity index (χ0n) is 13.9. The van der Waals surface area contributed by atoms with Crippen molar-refractivity contribution in [2.45, 2.75) is 19.8 Å². The van der Waals surface area contributed by atoms with E-state index in [1.807, 2.05) is 4.90 Å². The molecule has 0 aliphatic carbocycles. The molecule has 2 rings (SSSR count). The fraction of sp³-hybridized carbons (Fsp3) is 0.500. The molecule has 0 aromatic heterocycles. The summed E-state index contributed by atoms with van der Waals surface area (Å²) in [5.41, 5.74) is 0.0415. The van der Waals surface area contributed by atoms with Gasteiger partial charge in [-0.15, -0.1) is 0 Å². The van der Waals surface area contributed by atoms with Crippen LogP contribution >= 0.6 is 11.6 Å². The number of halogens is 1. The number of benzene rings is 1. The van der Waals surface area contributed by atoms with Gasteiger partial charge in [0.1, 0.15) is 5.02 Å². The number of hydrogen-bond acceptors (Lipinski definition) is 6. The Morgan fingerprint density at radius 3 is 2.92 bits per heavy atom. The van der Waals surface area contributed by atoms with E-state index in [1.165, 1.54) is 18.2 Å². The number of nitrogens with zero attached hydrogens (tertiary/aromatic N) is 2. The Kier molecular flexibility index (Phi) is 6.72. The van der Waals surface area contributed by atoms with Gasteiger partial charge in [0.25, 0.3) is 5.69 Å². The second kappa shape index (κ2) is 8.77. The van der Waals surface area contributed by atoms with Gasteiger partial charge in [-0.3, -0.25) is 24.6 Å². The topological polar surface area (TPSA) is 102 Å². The zero-order chi connectivity index (χ0) is 18.4. The number of likely N-dealkylation sites (tertiary alicyclic amines) is 1. The molecule has 1 atom stereocenters. The number of esters is 1. The standard InChI is InChI=1S/C16H20ClN3O5/c1-2-25-16(22)11-4-3-7-19(9-11)10-15(21)18-12-5-6-13(17)14(8-12)20(23)24/h5-6,8,11H,2-4,7,9-10H2,1H3,(H,18,21)/t11-/m1/s1. The van der Waals surface area contributed by atoms with Crippen LogP contribution in [0.25, 0.3) is 0 Å². The highest BCUT2D eigenvalue weighted by atomic mass is 35.5. The van der Waals surface area contributed by atoms with Gasteiger partial charge in [-0.25, -0.2) is 0 Å². The van der Waals surface area contributed by atoms with Crippen molar-refractivity contribution in [3.63, 3.8) is 0 Å². The normalized spacial score (nSPS) is 17.8. The minimum absolute atomic E-state index is 0.0105. The highest BCUT2D eigenvalue weighted by molar-refractivity contribution is 6.32. The molecular weight excluding hydrogens is 350 g/mol. The van der Waals surface area contributed by atoms with Gasteiger partial charge in [-0.1, -0.05) is 11.6 Å². The third kappa shape index (κ3) is 5.40. The molecule has 1 heterocycles. The molecule has 1 aromatic rings. The van der Waals surface area contributed by atoms with Crippen LogP contribution < -0.4 is 5.32 Å². The maximum atomic E-state index is 12.2. The number of piperidine rings is 1. The smallest absolute Gasteiger partial charge is 0.310 e. The molecule has 0 radical (unpaired) electrons. The second-order valence-electron chi connectivity index (χ2n) is 5.80. The van der Waals surface area contributed by atoms with Gasteiger partial charge in [0.15, 0.2) is 0 Å². The summed E-state index contributed by atoms with van der Waals surface area (Å²) in [5, 5.41) is 13.5. The summed E-state index contributed by atoms with van der Waals surface area (Å²) in [7, 11) is 0. The maximum Gasteiger partial charge on any atom is 0.310 e. The Bertz CT molecular complexity index is 667. The summed E-state index contributed by atoms with van der Waals surface area (Å²) in [5.74, 6) is -0.764. The van der Waals surface area contributed by atoms with Crippen molar-refractivity contribution in [2.75, 3.05) is 31.6 Å². The molecule has 0 spiro atoms. The predicted molar refractivity (Wildman–Crippen MR) is 92.5 cm³/mol. The molecule has 1 N–H and O–H groups in total. The molecule has 0 bridgehead atoms. The quantitative estimate of drug-likeness (QED) is 0.469. The summed E-state index contributed by atoms with van der Waals surface area (Å²) >= 11 is 5.75. The molecule has 1 fully saturated rings.